The van der Waals surface area contributed by atoms with Gasteiger partial charge in [0.15, 0.2) is 11.5 Å². The first-order chi connectivity index (χ1) is 19.0. The molecule has 196 valence electrons. The van der Waals surface area contributed by atoms with Gasteiger partial charge in [0.2, 0.25) is 12.7 Å². The number of anilines is 2. The molecule has 0 spiro atoms. The van der Waals surface area contributed by atoms with Gasteiger partial charge in [-0.1, -0.05) is 66.7 Å². The molecule has 3 atom stereocenters. The third kappa shape index (κ3) is 4.75. The van der Waals surface area contributed by atoms with Gasteiger partial charge in [-0.05, 0) is 66.6 Å². The van der Waals surface area contributed by atoms with Gasteiger partial charge in [0.05, 0.1) is 16.9 Å². The lowest BCUT2D eigenvalue weighted by Gasteiger charge is -2.31. The molecule has 4 aromatic rings. The molecule has 0 aliphatic carbocycles. The van der Waals surface area contributed by atoms with Crippen molar-refractivity contribution in [3.05, 3.63) is 126 Å². The van der Waals surface area contributed by atoms with Gasteiger partial charge in [0.25, 0.3) is 0 Å². The predicted molar refractivity (Wildman–Crippen MR) is 152 cm³/mol. The van der Waals surface area contributed by atoms with Gasteiger partial charge in [0, 0.05) is 17.9 Å². The highest BCUT2D eigenvalue weighted by Gasteiger charge is 2.47. The van der Waals surface area contributed by atoms with Gasteiger partial charge in [-0.15, -0.1) is 0 Å². The molecule has 1 amide bonds. The maximum atomic E-state index is 14.6. The summed E-state index contributed by atoms with van der Waals surface area (Å²) in [6.07, 6.45) is 0. The second-order valence-corrected chi connectivity index (χ2v) is 11.1. The highest BCUT2D eigenvalue weighted by atomic mass is 32.2. The van der Waals surface area contributed by atoms with E-state index >= 15 is 0 Å². The van der Waals surface area contributed by atoms with Crippen LogP contribution < -0.4 is 14.4 Å². The number of fused-ring (bicyclic) bond motifs is 1. The molecular weight excluding hydrogens is 508 g/mol. The van der Waals surface area contributed by atoms with E-state index in [4.69, 9.17) is 9.47 Å². The molecule has 6 rings (SSSR count). The molecule has 1 fully saturated rings. The number of amides is 1. The molecule has 0 radical (unpaired) electrons. The largest absolute Gasteiger partial charge is 0.454 e. The molecule has 0 saturated carbocycles. The zero-order valence-corrected chi connectivity index (χ0v) is 22.3. The first-order valence-electron chi connectivity index (χ1n) is 12.8. The number of carbonyl (C=O) groups excluding carboxylic acids is 1. The van der Waals surface area contributed by atoms with E-state index in [-0.39, 0.29) is 12.7 Å². The van der Waals surface area contributed by atoms with Gasteiger partial charge in [-0.2, -0.15) is 0 Å². The molecule has 0 bridgehead atoms. The summed E-state index contributed by atoms with van der Waals surface area (Å²) < 4.78 is 27.1. The number of ether oxygens (including phenoxy) is 2. The number of carbonyl (C=O) groups is 1. The van der Waals surface area contributed by atoms with Gasteiger partial charge in [-0.3, -0.25) is 9.69 Å². The lowest BCUT2D eigenvalue weighted by atomic mass is 9.89. The average Bonchev–Trinajstić information content (AvgIpc) is 3.58. The van der Waals surface area contributed by atoms with Gasteiger partial charge < -0.3 is 9.47 Å². The molecule has 7 heteroatoms. The monoisotopic (exact) mass is 536 g/mol. The van der Waals surface area contributed by atoms with Crippen molar-refractivity contribution >= 4 is 28.3 Å². The minimum Gasteiger partial charge on any atom is -0.454 e. The minimum atomic E-state index is -1.53. The summed E-state index contributed by atoms with van der Waals surface area (Å²) in [5, 5.41) is 0. The van der Waals surface area contributed by atoms with Crippen LogP contribution in [0.1, 0.15) is 17.2 Å². The lowest BCUT2D eigenvalue weighted by Crippen LogP contribution is -2.37. The van der Waals surface area contributed by atoms with E-state index in [1.54, 1.807) is 4.90 Å². The minimum absolute atomic E-state index is 0.136. The quantitative estimate of drug-likeness (QED) is 0.270. The van der Waals surface area contributed by atoms with Crippen molar-refractivity contribution in [1.82, 2.24) is 4.31 Å². The molecule has 4 aromatic carbocycles. The Kier molecular flexibility index (Phi) is 6.77. The van der Waals surface area contributed by atoms with E-state index in [1.165, 1.54) is 0 Å². The van der Waals surface area contributed by atoms with E-state index in [2.05, 4.69) is 6.58 Å². The predicted octanol–water partition coefficient (Wildman–Crippen LogP) is 6.34. The molecule has 1 saturated heterocycles. The summed E-state index contributed by atoms with van der Waals surface area (Å²) >= 11 is 0. The Hall–Kier alpha value is -4.20. The van der Waals surface area contributed by atoms with Crippen LogP contribution in [0.25, 0.3) is 0 Å². The zero-order valence-electron chi connectivity index (χ0n) is 21.5. The zero-order chi connectivity index (χ0) is 26.9. The fourth-order valence-electron chi connectivity index (χ4n) is 5.20. The summed E-state index contributed by atoms with van der Waals surface area (Å²) in [5.41, 5.74) is 4.12. The van der Waals surface area contributed by atoms with Crippen LogP contribution in [0.15, 0.2) is 120 Å². The van der Waals surface area contributed by atoms with Crippen LogP contribution in [0.5, 0.6) is 11.5 Å². The maximum Gasteiger partial charge on any atom is 0.240 e. The Morgan fingerprint density at radius 3 is 2.13 bits per heavy atom. The number of para-hydroxylation sites is 2. The van der Waals surface area contributed by atoms with Gasteiger partial charge in [-0.25, -0.2) is 8.51 Å². The molecule has 1 unspecified atom stereocenters. The SMILES string of the molecule is C=C1CN(S(=O)c2ccc(C)cc2)[C@@H](c2ccc3c(c2)OCO3)[C@@H]1C(=O)N(c1ccccc1)c1ccccc1. The normalized spacial score (nSPS) is 19.2. The van der Waals surface area contributed by atoms with Crippen LogP contribution in [0.2, 0.25) is 0 Å². The van der Waals surface area contributed by atoms with Crippen molar-refractivity contribution < 1.29 is 18.5 Å². The summed E-state index contributed by atoms with van der Waals surface area (Å²) in [6.45, 7) is 6.79. The molecule has 0 aromatic heterocycles. The van der Waals surface area contributed by atoms with Gasteiger partial charge >= 0.3 is 0 Å². The Balaban J connectivity index is 1.46. The van der Waals surface area contributed by atoms with Crippen LogP contribution in [0, 0.1) is 12.8 Å². The number of hydrogen-bond acceptors (Lipinski definition) is 4. The van der Waals surface area contributed by atoms with Gasteiger partial charge in [0.1, 0.15) is 11.0 Å². The third-order valence-corrected chi connectivity index (χ3v) is 8.57. The summed E-state index contributed by atoms with van der Waals surface area (Å²) in [7, 11) is -1.53. The number of hydrogen-bond donors (Lipinski definition) is 0. The van der Waals surface area contributed by atoms with Crippen molar-refractivity contribution in [2.45, 2.75) is 17.9 Å². The van der Waals surface area contributed by atoms with Crippen molar-refractivity contribution in [3.8, 4) is 11.5 Å². The molecule has 39 heavy (non-hydrogen) atoms. The fourth-order valence-corrected chi connectivity index (χ4v) is 6.57. The standard InChI is InChI=1S/C32H28N2O4S/c1-22-13-16-27(17-14-22)39(36)33-20-23(2)30(31(33)24-15-18-28-29(19-24)38-21-37-28)32(35)34(25-9-5-3-6-10-25)26-11-7-4-8-12-26/h3-19,30-31H,2,20-21H2,1H3/t30-,31+,39?/m1/s1. The number of rotatable bonds is 6. The Bertz CT molecular complexity index is 1500. The average molecular weight is 537 g/mol. The van der Waals surface area contributed by atoms with Crippen LogP contribution in [0.3, 0.4) is 0 Å². The number of benzene rings is 4. The first-order valence-corrected chi connectivity index (χ1v) is 13.9. The first kappa shape index (κ1) is 25.1. The molecule has 2 aliphatic rings. The van der Waals surface area contributed by atoms with Crippen molar-refractivity contribution in [2.75, 3.05) is 18.2 Å². The summed E-state index contributed by atoms with van der Waals surface area (Å²) in [6, 6.07) is 31.9. The molecule has 2 heterocycles. The van der Waals surface area contributed by atoms with E-state index in [0.29, 0.717) is 28.5 Å². The Morgan fingerprint density at radius 2 is 1.49 bits per heavy atom. The van der Waals surface area contributed by atoms with E-state index in [1.807, 2.05) is 114 Å². The maximum absolute atomic E-state index is 14.6. The van der Waals surface area contributed by atoms with Crippen molar-refractivity contribution in [3.63, 3.8) is 0 Å². The van der Waals surface area contributed by atoms with Crippen LogP contribution in [-0.2, 0) is 15.8 Å². The highest BCUT2D eigenvalue weighted by molar-refractivity contribution is 7.82. The Morgan fingerprint density at radius 1 is 0.872 bits per heavy atom. The molecule has 2 aliphatic heterocycles. The number of nitrogens with zero attached hydrogens (tertiary/aromatic N) is 2. The summed E-state index contributed by atoms with van der Waals surface area (Å²) in [4.78, 5) is 17.0. The smallest absolute Gasteiger partial charge is 0.240 e. The molecular formula is C32H28N2O4S. The molecule has 0 N–H and O–H groups in total. The van der Waals surface area contributed by atoms with E-state index in [9.17, 15) is 9.00 Å². The fraction of sp³-hybridized carbons (Fsp3) is 0.156. The van der Waals surface area contributed by atoms with Crippen LogP contribution in [0.4, 0.5) is 11.4 Å². The van der Waals surface area contributed by atoms with Crippen LogP contribution >= 0.6 is 0 Å². The lowest BCUT2D eigenvalue weighted by molar-refractivity contribution is -0.121. The Labute approximate surface area is 230 Å². The molecule has 6 nitrogen and oxygen atoms in total. The van der Waals surface area contributed by atoms with Crippen molar-refractivity contribution in [2.24, 2.45) is 5.92 Å². The third-order valence-electron chi connectivity index (χ3n) is 7.11. The van der Waals surface area contributed by atoms with Crippen molar-refractivity contribution in [1.29, 1.82) is 0 Å². The summed E-state index contributed by atoms with van der Waals surface area (Å²) in [5.74, 6) is 0.476. The second-order valence-electron chi connectivity index (χ2n) is 9.68. The van der Waals surface area contributed by atoms with E-state index in [0.717, 1.165) is 22.5 Å². The van der Waals surface area contributed by atoms with E-state index < -0.39 is 22.9 Å². The number of aryl methyl sites for hydroxylation is 1. The second kappa shape index (κ2) is 10.5. The highest BCUT2D eigenvalue weighted by Crippen LogP contribution is 2.46. The topological polar surface area (TPSA) is 59.1 Å². The van der Waals surface area contributed by atoms with Crippen LogP contribution in [-0.4, -0.2) is 27.8 Å².